The predicted octanol–water partition coefficient (Wildman–Crippen LogP) is 3.86. The van der Waals surface area contributed by atoms with Crippen LogP contribution in [0.2, 0.25) is 0 Å². The van der Waals surface area contributed by atoms with Crippen LogP contribution in [0.4, 0.5) is 0 Å². The summed E-state index contributed by atoms with van der Waals surface area (Å²) in [7, 11) is 0. The number of hydrogen-bond acceptors (Lipinski definition) is 2. The summed E-state index contributed by atoms with van der Waals surface area (Å²) < 4.78 is 0. The van der Waals surface area contributed by atoms with Gasteiger partial charge in [-0.05, 0) is 23.1 Å². The fourth-order valence-corrected chi connectivity index (χ4v) is 1.88. The number of aldehydes is 1. The largest absolute Gasteiger partial charge is 0.298 e. The molecule has 2 aromatic rings. The Morgan fingerprint density at radius 2 is 1.72 bits per heavy atom. The number of carbonyl (C=O) groups excluding carboxylic acids is 1. The lowest BCUT2D eigenvalue weighted by Crippen LogP contribution is -2.10. The van der Waals surface area contributed by atoms with E-state index in [4.69, 9.17) is 0 Å². The van der Waals surface area contributed by atoms with Crippen LogP contribution >= 0.6 is 0 Å². The Bertz CT molecular complexity index is 550. The molecule has 0 saturated heterocycles. The standard InChI is InChI=1S/C16H17NO/c1-16(2,3)14-8-6-12(7-9-14)15-13(11-18)5-4-10-17-15/h4-11H,1-3H3. The molecule has 2 rings (SSSR count). The van der Waals surface area contributed by atoms with E-state index in [1.165, 1.54) is 5.56 Å². The number of rotatable bonds is 2. The molecule has 0 radical (unpaired) electrons. The van der Waals surface area contributed by atoms with Gasteiger partial charge < -0.3 is 0 Å². The molecule has 0 fully saturated rings. The van der Waals surface area contributed by atoms with Gasteiger partial charge in [0.2, 0.25) is 0 Å². The lowest BCUT2D eigenvalue weighted by molar-refractivity contribution is 0.112. The molecule has 92 valence electrons. The average molecular weight is 239 g/mol. The quantitative estimate of drug-likeness (QED) is 0.745. The number of aromatic nitrogens is 1. The minimum Gasteiger partial charge on any atom is -0.298 e. The fourth-order valence-electron chi connectivity index (χ4n) is 1.88. The minimum absolute atomic E-state index is 0.135. The van der Waals surface area contributed by atoms with Crippen LogP contribution in [0.3, 0.4) is 0 Å². The van der Waals surface area contributed by atoms with Crippen LogP contribution < -0.4 is 0 Å². The first-order valence-corrected chi connectivity index (χ1v) is 6.03. The van der Waals surface area contributed by atoms with Gasteiger partial charge in [0.1, 0.15) is 0 Å². The van der Waals surface area contributed by atoms with Crippen molar-refractivity contribution in [2.24, 2.45) is 0 Å². The van der Waals surface area contributed by atoms with Gasteiger partial charge in [-0.15, -0.1) is 0 Å². The van der Waals surface area contributed by atoms with Crippen LogP contribution in [-0.4, -0.2) is 11.3 Å². The van der Waals surface area contributed by atoms with Crippen molar-refractivity contribution in [2.45, 2.75) is 26.2 Å². The number of carbonyl (C=O) groups is 1. The third-order valence-corrected chi connectivity index (χ3v) is 2.99. The molecule has 0 spiro atoms. The maximum absolute atomic E-state index is 11.0. The van der Waals surface area contributed by atoms with E-state index in [0.717, 1.165) is 17.5 Å². The monoisotopic (exact) mass is 239 g/mol. The van der Waals surface area contributed by atoms with Crippen molar-refractivity contribution >= 4 is 6.29 Å². The van der Waals surface area contributed by atoms with Crippen molar-refractivity contribution in [2.75, 3.05) is 0 Å². The highest BCUT2D eigenvalue weighted by Crippen LogP contribution is 2.26. The first kappa shape index (κ1) is 12.5. The van der Waals surface area contributed by atoms with Gasteiger partial charge in [-0.3, -0.25) is 9.78 Å². The summed E-state index contributed by atoms with van der Waals surface area (Å²) in [6.07, 6.45) is 2.56. The molecule has 18 heavy (non-hydrogen) atoms. The molecule has 0 amide bonds. The summed E-state index contributed by atoms with van der Waals surface area (Å²) in [6, 6.07) is 11.8. The Morgan fingerprint density at radius 1 is 1.06 bits per heavy atom. The lowest BCUT2D eigenvalue weighted by Gasteiger charge is -2.19. The van der Waals surface area contributed by atoms with Crippen LogP contribution in [0, 0.1) is 0 Å². The lowest BCUT2D eigenvalue weighted by atomic mass is 9.86. The molecule has 0 aliphatic rings. The van der Waals surface area contributed by atoms with Gasteiger partial charge in [0, 0.05) is 17.3 Å². The Labute approximate surface area is 108 Å². The van der Waals surface area contributed by atoms with Crippen LogP contribution in [0.1, 0.15) is 36.7 Å². The molecule has 1 heterocycles. The molecule has 0 aliphatic carbocycles. The maximum atomic E-state index is 11.0. The highest BCUT2D eigenvalue weighted by Gasteiger charge is 2.13. The molecule has 2 heteroatoms. The first-order chi connectivity index (χ1) is 8.52. The van der Waals surface area contributed by atoms with E-state index in [0.29, 0.717) is 5.56 Å². The first-order valence-electron chi connectivity index (χ1n) is 6.03. The van der Waals surface area contributed by atoms with Crippen molar-refractivity contribution in [1.82, 2.24) is 4.98 Å². The summed E-state index contributed by atoms with van der Waals surface area (Å²) in [6.45, 7) is 6.54. The number of benzene rings is 1. The third kappa shape index (κ3) is 2.48. The van der Waals surface area contributed by atoms with Gasteiger partial charge in [-0.2, -0.15) is 0 Å². The van der Waals surface area contributed by atoms with Crippen molar-refractivity contribution in [3.8, 4) is 11.3 Å². The van der Waals surface area contributed by atoms with Crippen molar-refractivity contribution in [1.29, 1.82) is 0 Å². The second-order valence-electron chi connectivity index (χ2n) is 5.39. The van der Waals surface area contributed by atoms with E-state index in [1.807, 2.05) is 12.1 Å². The highest BCUT2D eigenvalue weighted by molar-refractivity contribution is 5.85. The minimum atomic E-state index is 0.135. The van der Waals surface area contributed by atoms with E-state index in [9.17, 15) is 4.79 Å². The van der Waals surface area contributed by atoms with E-state index in [-0.39, 0.29) is 5.41 Å². The Kier molecular flexibility index (Phi) is 3.28. The van der Waals surface area contributed by atoms with Crippen molar-refractivity contribution < 1.29 is 4.79 Å². The van der Waals surface area contributed by atoms with Crippen LogP contribution in [0.15, 0.2) is 42.6 Å². The summed E-state index contributed by atoms with van der Waals surface area (Å²) in [5.41, 5.74) is 3.75. The molecule has 0 N–H and O–H groups in total. The molecule has 1 aromatic heterocycles. The normalized spacial score (nSPS) is 11.3. The molecule has 1 aromatic carbocycles. The van der Waals surface area contributed by atoms with Gasteiger partial charge in [0.25, 0.3) is 0 Å². The van der Waals surface area contributed by atoms with Crippen LogP contribution in [0.5, 0.6) is 0 Å². The van der Waals surface area contributed by atoms with Gasteiger partial charge in [0.05, 0.1) is 5.69 Å². The molecule has 0 aliphatic heterocycles. The Balaban J connectivity index is 2.44. The van der Waals surface area contributed by atoms with E-state index >= 15 is 0 Å². The molecule has 0 bridgehead atoms. The summed E-state index contributed by atoms with van der Waals surface area (Å²) >= 11 is 0. The smallest absolute Gasteiger partial charge is 0.152 e. The molecule has 0 atom stereocenters. The topological polar surface area (TPSA) is 30.0 Å². The van der Waals surface area contributed by atoms with Gasteiger partial charge in [-0.1, -0.05) is 45.0 Å². The van der Waals surface area contributed by atoms with Gasteiger partial charge in [0.15, 0.2) is 6.29 Å². The Morgan fingerprint density at radius 3 is 2.28 bits per heavy atom. The van der Waals surface area contributed by atoms with Crippen LogP contribution in [-0.2, 0) is 5.41 Å². The van der Waals surface area contributed by atoms with Crippen molar-refractivity contribution in [3.63, 3.8) is 0 Å². The SMILES string of the molecule is CC(C)(C)c1ccc(-c2ncccc2C=O)cc1. The second-order valence-corrected chi connectivity index (χ2v) is 5.39. The molecular weight excluding hydrogens is 222 g/mol. The third-order valence-electron chi connectivity index (χ3n) is 2.99. The zero-order chi connectivity index (χ0) is 13.2. The summed E-state index contributed by atoms with van der Waals surface area (Å²) in [5, 5.41) is 0. The zero-order valence-corrected chi connectivity index (χ0v) is 11.0. The molecule has 0 saturated carbocycles. The van der Waals surface area contributed by atoms with Gasteiger partial charge in [-0.25, -0.2) is 0 Å². The highest BCUT2D eigenvalue weighted by atomic mass is 16.1. The zero-order valence-electron chi connectivity index (χ0n) is 11.0. The number of nitrogens with zero attached hydrogens (tertiary/aromatic N) is 1. The van der Waals surface area contributed by atoms with Crippen LogP contribution in [0.25, 0.3) is 11.3 Å². The van der Waals surface area contributed by atoms with E-state index in [2.05, 4.69) is 37.9 Å². The fraction of sp³-hybridized carbons (Fsp3) is 0.250. The average Bonchev–Trinajstić information content (AvgIpc) is 2.38. The van der Waals surface area contributed by atoms with E-state index in [1.54, 1.807) is 18.3 Å². The van der Waals surface area contributed by atoms with Gasteiger partial charge >= 0.3 is 0 Å². The molecule has 2 nitrogen and oxygen atoms in total. The van der Waals surface area contributed by atoms with Crippen molar-refractivity contribution in [3.05, 3.63) is 53.7 Å². The second kappa shape index (κ2) is 4.73. The Hall–Kier alpha value is -1.96. The number of hydrogen-bond donors (Lipinski definition) is 0. The molecule has 0 unspecified atom stereocenters. The predicted molar refractivity (Wildman–Crippen MR) is 73.8 cm³/mol. The molecular formula is C16H17NO. The van der Waals surface area contributed by atoms with E-state index < -0.39 is 0 Å². The summed E-state index contributed by atoms with van der Waals surface area (Å²) in [5.74, 6) is 0. The maximum Gasteiger partial charge on any atom is 0.152 e. The number of pyridine rings is 1. The summed E-state index contributed by atoms with van der Waals surface area (Å²) in [4.78, 5) is 15.3.